The first-order valence-corrected chi connectivity index (χ1v) is 9.82. The number of fused-ring (bicyclic) bond motifs is 1. The van der Waals surface area contributed by atoms with Crippen LogP contribution in [0.3, 0.4) is 0 Å². The van der Waals surface area contributed by atoms with Crippen LogP contribution in [0, 0.1) is 0 Å². The van der Waals surface area contributed by atoms with Crippen molar-refractivity contribution < 1.29 is 24.3 Å². The first kappa shape index (κ1) is 20.4. The van der Waals surface area contributed by atoms with Gasteiger partial charge in [-0.2, -0.15) is 0 Å². The van der Waals surface area contributed by atoms with Crippen molar-refractivity contribution in [2.45, 2.75) is 19.1 Å². The minimum atomic E-state index is -0.689. The maximum Gasteiger partial charge on any atom is 0.274 e. The Morgan fingerprint density at radius 1 is 1.06 bits per heavy atom. The first-order valence-electron chi connectivity index (χ1n) is 9.82. The largest absolute Gasteiger partial charge is 0.497 e. The third-order valence-electron chi connectivity index (χ3n) is 5.19. The van der Waals surface area contributed by atoms with Crippen LogP contribution in [-0.2, 0) is 17.8 Å². The van der Waals surface area contributed by atoms with Gasteiger partial charge >= 0.3 is 0 Å². The smallest absolute Gasteiger partial charge is 0.274 e. The second-order valence-corrected chi connectivity index (χ2v) is 7.19. The topological polar surface area (TPSA) is 88.1 Å². The van der Waals surface area contributed by atoms with E-state index >= 15 is 0 Å². The lowest BCUT2D eigenvalue weighted by Crippen LogP contribution is -2.46. The molecular weight excluding hydrogens is 396 g/mol. The second-order valence-electron chi connectivity index (χ2n) is 7.19. The number of nitrogens with one attached hydrogen (secondary N) is 1. The van der Waals surface area contributed by atoms with E-state index in [1.807, 2.05) is 54.6 Å². The van der Waals surface area contributed by atoms with E-state index in [2.05, 4.69) is 0 Å². The third-order valence-corrected chi connectivity index (χ3v) is 5.19. The Labute approximate surface area is 179 Å². The molecule has 0 aliphatic carbocycles. The summed E-state index contributed by atoms with van der Waals surface area (Å²) < 4.78 is 11.2. The van der Waals surface area contributed by atoms with E-state index in [-0.39, 0.29) is 11.5 Å². The van der Waals surface area contributed by atoms with Crippen molar-refractivity contribution in [3.05, 3.63) is 89.5 Å². The highest BCUT2D eigenvalue weighted by atomic mass is 16.5. The van der Waals surface area contributed by atoms with Crippen molar-refractivity contribution in [3.63, 3.8) is 0 Å². The molecule has 31 heavy (non-hydrogen) atoms. The summed E-state index contributed by atoms with van der Waals surface area (Å²) in [6, 6.07) is 21.8. The lowest BCUT2D eigenvalue weighted by atomic mass is 10.0. The molecule has 0 saturated heterocycles. The molecule has 0 saturated carbocycles. The number of ether oxygens (including phenoxy) is 2. The van der Waals surface area contributed by atoms with Crippen LogP contribution in [0.15, 0.2) is 72.8 Å². The number of hydroxylamine groups is 1. The summed E-state index contributed by atoms with van der Waals surface area (Å²) in [6.07, 6.45) is -0.262. The number of nitrogens with zero attached hydrogens (tertiary/aromatic N) is 1. The molecule has 7 heteroatoms. The molecule has 2 N–H and O–H groups in total. The maximum absolute atomic E-state index is 13.4. The van der Waals surface area contributed by atoms with E-state index in [9.17, 15) is 9.59 Å². The minimum absolute atomic E-state index is 0.200. The molecule has 1 aliphatic heterocycles. The Morgan fingerprint density at radius 2 is 1.81 bits per heavy atom. The molecule has 1 heterocycles. The van der Waals surface area contributed by atoms with Gasteiger partial charge in [0.25, 0.3) is 11.8 Å². The quantitative estimate of drug-likeness (QED) is 0.474. The van der Waals surface area contributed by atoms with E-state index < -0.39 is 12.0 Å². The molecule has 3 aromatic carbocycles. The zero-order valence-electron chi connectivity index (χ0n) is 16.9. The van der Waals surface area contributed by atoms with Gasteiger partial charge in [0.2, 0.25) is 0 Å². The zero-order chi connectivity index (χ0) is 21.8. The maximum atomic E-state index is 13.4. The summed E-state index contributed by atoms with van der Waals surface area (Å²) in [5.74, 6) is 0.365. The average Bonchev–Trinajstić information content (AvgIpc) is 2.82. The number of anilines is 1. The SMILES string of the molecule is COc1ccc(CN2C(=O)C(Cc3ccccc3)Oc3ccc(C(=O)NO)cc32)cc1. The van der Waals surface area contributed by atoms with Gasteiger partial charge in [0.15, 0.2) is 6.10 Å². The van der Waals surface area contributed by atoms with Crippen LogP contribution >= 0.6 is 0 Å². The summed E-state index contributed by atoms with van der Waals surface area (Å²) in [6.45, 7) is 0.300. The van der Waals surface area contributed by atoms with Crippen LogP contribution in [-0.4, -0.2) is 30.2 Å². The molecule has 7 nitrogen and oxygen atoms in total. The lowest BCUT2D eigenvalue weighted by molar-refractivity contribution is -0.126. The molecular formula is C24H22N2O5. The second kappa shape index (κ2) is 8.89. The van der Waals surface area contributed by atoms with Gasteiger partial charge in [-0.05, 0) is 41.5 Å². The number of benzene rings is 3. The fourth-order valence-corrected chi connectivity index (χ4v) is 3.56. The standard InChI is InChI=1S/C24H22N2O5/c1-30-19-10-7-17(8-11-19)15-26-20-14-18(23(27)25-29)9-12-21(20)31-22(24(26)28)13-16-5-3-2-4-6-16/h2-12,14,22,29H,13,15H2,1H3,(H,25,27). The van der Waals surface area contributed by atoms with E-state index in [0.717, 1.165) is 16.9 Å². The Kier molecular flexibility index (Phi) is 5.86. The van der Waals surface area contributed by atoms with Gasteiger partial charge in [-0.15, -0.1) is 0 Å². The Balaban J connectivity index is 1.69. The van der Waals surface area contributed by atoms with Crippen molar-refractivity contribution in [1.29, 1.82) is 0 Å². The normalized spacial score (nSPS) is 15.1. The number of carbonyl (C=O) groups excluding carboxylic acids is 2. The molecule has 4 rings (SSSR count). The molecule has 3 aromatic rings. The van der Waals surface area contributed by atoms with Crippen LogP contribution in [0.4, 0.5) is 5.69 Å². The average molecular weight is 418 g/mol. The molecule has 2 amide bonds. The van der Waals surface area contributed by atoms with Crippen molar-refractivity contribution in [2.75, 3.05) is 12.0 Å². The van der Waals surface area contributed by atoms with Gasteiger partial charge in [0, 0.05) is 12.0 Å². The molecule has 0 spiro atoms. The lowest BCUT2D eigenvalue weighted by Gasteiger charge is -2.35. The number of amides is 2. The molecule has 0 bridgehead atoms. The summed E-state index contributed by atoms with van der Waals surface area (Å²) in [5.41, 5.74) is 4.21. The molecule has 0 aromatic heterocycles. The summed E-state index contributed by atoms with van der Waals surface area (Å²) >= 11 is 0. The van der Waals surface area contributed by atoms with E-state index in [4.69, 9.17) is 14.7 Å². The monoisotopic (exact) mass is 418 g/mol. The Hall–Kier alpha value is -3.84. The molecule has 158 valence electrons. The number of hydrogen-bond acceptors (Lipinski definition) is 5. The number of rotatable bonds is 6. The van der Waals surface area contributed by atoms with Crippen LogP contribution in [0.5, 0.6) is 11.5 Å². The summed E-state index contributed by atoms with van der Waals surface area (Å²) in [4.78, 5) is 26.9. The van der Waals surface area contributed by atoms with Crippen LogP contribution in [0.25, 0.3) is 0 Å². The van der Waals surface area contributed by atoms with Crippen LogP contribution < -0.4 is 19.9 Å². The highest BCUT2D eigenvalue weighted by molar-refractivity contribution is 6.02. The van der Waals surface area contributed by atoms with Gasteiger partial charge in [-0.25, -0.2) is 5.48 Å². The number of methoxy groups -OCH3 is 1. The zero-order valence-corrected chi connectivity index (χ0v) is 16.9. The van der Waals surface area contributed by atoms with Gasteiger partial charge in [0.05, 0.1) is 19.3 Å². The van der Waals surface area contributed by atoms with Crippen molar-refractivity contribution in [1.82, 2.24) is 5.48 Å². The van der Waals surface area contributed by atoms with E-state index in [1.165, 1.54) is 0 Å². The predicted molar refractivity (Wildman–Crippen MR) is 114 cm³/mol. The fraction of sp³-hybridized carbons (Fsp3) is 0.167. The molecule has 0 fully saturated rings. The Morgan fingerprint density at radius 3 is 2.48 bits per heavy atom. The molecule has 1 unspecified atom stereocenters. The van der Waals surface area contributed by atoms with Crippen molar-refractivity contribution in [2.24, 2.45) is 0 Å². The van der Waals surface area contributed by atoms with Gasteiger partial charge in [0.1, 0.15) is 11.5 Å². The highest BCUT2D eigenvalue weighted by Crippen LogP contribution is 2.37. The summed E-state index contributed by atoms with van der Waals surface area (Å²) in [5, 5.41) is 8.98. The Bertz CT molecular complexity index is 1080. The van der Waals surface area contributed by atoms with Crippen LogP contribution in [0.2, 0.25) is 0 Å². The first-order chi connectivity index (χ1) is 15.1. The highest BCUT2D eigenvalue weighted by Gasteiger charge is 2.35. The summed E-state index contributed by atoms with van der Waals surface area (Å²) in [7, 11) is 1.60. The van der Waals surface area contributed by atoms with E-state index in [0.29, 0.717) is 24.4 Å². The van der Waals surface area contributed by atoms with Gasteiger partial charge in [-0.3, -0.25) is 14.8 Å². The minimum Gasteiger partial charge on any atom is -0.497 e. The predicted octanol–water partition coefficient (Wildman–Crippen LogP) is 3.35. The third kappa shape index (κ3) is 4.36. The van der Waals surface area contributed by atoms with E-state index in [1.54, 1.807) is 35.7 Å². The fourth-order valence-electron chi connectivity index (χ4n) is 3.56. The molecule has 0 radical (unpaired) electrons. The number of carbonyl (C=O) groups is 2. The molecule has 1 aliphatic rings. The van der Waals surface area contributed by atoms with Crippen molar-refractivity contribution >= 4 is 17.5 Å². The number of hydrogen-bond donors (Lipinski definition) is 2. The van der Waals surface area contributed by atoms with Crippen molar-refractivity contribution in [3.8, 4) is 11.5 Å². The van der Waals surface area contributed by atoms with Gasteiger partial charge < -0.3 is 14.4 Å². The molecule has 1 atom stereocenters. The van der Waals surface area contributed by atoms with Gasteiger partial charge in [-0.1, -0.05) is 42.5 Å². The van der Waals surface area contributed by atoms with Crippen LogP contribution in [0.1, 0.15) is 21.5 Å².